The van der Waals surface area contributed by atoms with Gasteiger partial charge in [0.2, 0.25) is 0 Å². The van der Waals surface area contributed by atoms with Crippen molar-refractivity contribution >= 4 is 22.2 Å². The summed E-state index contributed by atoms with van der Waals surface area (Å²) < 4.78 is 12.8. The van der Waals surface area contributed by atoms with Crippen molar-refractivity contribution in [2.45, 2.75) is 26.8 Å². The predicted octanol–water partition coefficient (Wildman–Crippen LogP) is 2.75. The van der Waals surface area contributed by atoms with Crippen LogP contribution in [0.1, 0.15) is 35.3 Å². The van der Waals surface area contributed by atoms with Crippen LogP contribution in [0.25, 0.3) is 4.96 Å². The first kappa shape index (κ1) is 18.5. The van der Waals surface area contributed by atoms with Gasteiger partial charge in [-0.05, 0) is 43.5 Å². The van der Waals surface area contributed by atoms with Gasteiger partial charge in [-0.15, -0.1) is 11.3 Å². The summed E-state index contributed by atoms with van der Waals surface area (Å²) in [6.07, 6.45) is 3.72. The van der Waals surface area contributed by atoms with Crippen LogP contribution in [0.5, 0.6) is 11.5 Å². The standard InChI is InChI=1S/C20H21N3O4S/c1-3-26-16-9-13-5-6-22(12-14(13)10-17(16)27-4-2)18(24)15-11-21-20-23(19(15)25)7-8-28-20/h7-11H,3-6,12H2,1-2H3. The molecule has 0 unspecified atom stereocenters. The topological polar surface area (TPSA) is 73.1 Å². The molecule has 4 rings (SSSR count). The van der Waals surface area contributed by atoms with E-state index in [0.29, 0.717) is 43.4 Å². The molecule has 7 nitrogen and oxygen atoms in total. The predicted molar refractivity (Wildman–Crippen MR) is 107 cm³/mol. The van der Waals surface area contributed by atoms with Gasteiger partial charge in [-0.2, -0.15) is 0 Å². The summed E-state index contributed by atoms with van der Waals surface area (Å²) in [5, 5.41) is 1.78. The van der Waals surface area contributed by atoms with E-state index < -0.39 is 0 Å². The Morgan fingerprint density at radius 2 is 1.89 bits per heavy atom. The minimum Gasteiger partial charge on any atom is -0.490 e. The fraction of sp³-hybridized carbons (Fsp3) is 0.350. The van der Waals surface area contributed by atoms with Crippen molar-refractivity contribution in [2.75, 3.05) is 19.8 Å². The van der Waals surface area contributed by atoms with E-state index in [4.69, 9.17) is 9.47 Å². The van der Waals surface area contributed by atoms with E-state index in [2.05, 4.69) is 4.98 Å². The number of hydrogen-bond donors (Lipinski definition) is 0. The van der Waals surface area contributed by atoms with Crippen molar-refractivity contribution in [1.82, 2.24) is 14.3 Å². The third-order valence-corrected chi connectivity index (χ3v) is 5.51. The number of benzene rings is 1. The summed E-state index contributed by atoms with van der Waals surface area (Å²) >= 11 is 1.36. The Bertz CT molecular complexity index is 1090. The Morgan fingerprint density at radius 3 is 2.61 bits per heavy atom. The number of fused-ring (bicyclic) bond motifs is 2. The number of hydrogen-bond acceptors (Lipinski definition) is 6. The fourth-order valence-corrected chi connectivity index (χ4v) is 4.09. The lowest BCUT2D eigenvalue weighted by Gasteiger charge is -2.29. The van der Waals surface area contributed by atoms with E-state index in [1.165, 1.54) is 21.9 Å². The number of nitrogens with zero attached hydrogens (tertiary/aromatic N) is 3. The first-order valence-electron chi connectivity index (χ1n) is 9.27. The summed E-state index contributed by atoms with van der Waals surface area (Å²) in [5.74, 6) is 1.11. The highest BCUT2D eigenvalue weighted by Gasteiger charge is 2.26. The van der Waals surface area contributed by atoms with Gasteiger partial charge in [0.05, 0.1) is 13.2 Å². The van der Waals surface area contributed by atoms with E-state index >= 15 is 0 Å². The molecule has 0 spiro atoms. The molecule has 0 saturated carbocycles. The largest absolute Gasteiger partial charge is 0.490 e. The highest BCUT2D eigenvalue weighted by Crippen LogP contribution is 2.34. The molecule has 1 amide bonds. The minimum atomic E-state index is -0.330. The molecule has 3 aromatic rings. The van der Waals surface area contributed by atoms with Crippen molar-refractivity contribution in [3.05, 3.63) is 57.0 Å². The maximum atomic E-state index is 13.0. The summed E-state index contributed by atoms with van der Waals surface area (Å²) in [5.41, 5.74) is 1.91. The first-order valence-corrected chi connectivity index (χ1v) is 10.2. The van der Waals surface area contributed by atoms with Gasteiger partial charge in [-0.25, -0.2) is 4.98 Å². The third-order valence-electron chi connectivity index (χ3n) is 4.74. The Balaban J connectivity index is 1.64. The molecule has 0 radical (unpaired) electrons. The number of thiazole rings is 1. The lowest BCUT2D eigenvalue weighted by molar-refractivity contribution is 0.0732. The quantitative estimate of drug-likeness (QED) is 0.660. The average Bonchev–Trinajstić information content (AvgIpc) is 3.18. The molecule has 1 aromatic carbocycles. The fourth-order valence-electron chi connectivity index (χ4n) is 3.42. The van der Waals surface area contributed by atoms with Crippen LogP contribution in [0, 0.1) is 0 Å². The number of rotatable bonds is 5. The van der Waals surface area contributed by atoms with Gasteiger partial charge in [-0.1, -0.05) is 0 Å². The molecule has 0 bridgehead atoms. The zero-order valence-corrected chi connectivity index (χ0v) is 16.6. The van der Waals surface area contributed by atoms with Crippen LogP contribution in [0.4, 0.5) is 0 Å². The second-order valence-electron chi connectivity index (χ2n) is 6.44. The maximum Gasteiger partial charge on any atom is 0.271 e. The third kappa shape index (κ3) is 3.24. The van der Waals surface area contributed by atoms with Gasteiger partial charge in [0.25, 0.3) is 11.5 Å². The van der Waals surface area contributed by atoms with Gasteiger partial charge >= 0.3 is 0 Å². The maximum absolute atomic E-state index is 13.0. The molecule has 0 atom stereocenters. The van der Waals surface area contributed by atoms with Crippen LogP contribution in [-0.4, -0.2) is 40.0 Å². The van der Waals surface area contributed by atoms with Gasteiger partial charge in [0.15, 0.2) is 16.5 Å². The van der Waals surface area contributed by atoms with Gasteiger partial charge in [-0.3, -0.25) is 14.0 Å². The Hall–Kier alpha value is -2.87. The summed E-state index contributed by atoms with van der Waals surface area (Å²) in [6, 6.07) is 3.94. The van der Waals surface area contributed by atoms with Crippen molar-refractivity contribution in [2.24, 2.45) is 0 Å². The molecule has 0 N–H and O–H groups in total. The molecule has 0 saturated heterocycles. The second kappa shape index (κ2) is 7.63. The zero-order valence-electron chi connectivity index (χ0n) is 15.8. The van der Waals surface area contributed by atoms with E-state index in [1.807, 2.05) is 26.0 Å². The molecule has 0 aliphatic carbocycles. The average molecular weight is 399 g/mol. The molecule has 28 heavy (non-hydrogen) atoms. The first-order chi connectivity index (χ1) is 13.6. The lowest BCUT2D eigenvalue weighted by Crippen LogP contribution is -2.39. The molecule has 146 valence electrons. The lowest BCUT2D eigenvalue weighted by atomic mass is 9.98. The molecular formula is C20H21N3O4S. The zero-order chi connectivity index (χ0) is 19.7. The SMILES string of the molecule is CCOc1cc2c(cc1OCC)CN(C(=O)c1cnc3sccn3c1=O)CC2. The Morgan fingerprint density at radius 1 is 1.18 bits per heavy atom. The highest BCUT2D eigenvalue weighted by atomic mass is 32.1. The molecule has 3 heterocycles. The molecule has 8 heteroatoms. The van der Waals surface area contributed by atoms with E-state index in [9.17, 15) is 9.59 Å². The minimum absolute atomic E-state index is 0.0929. The monoisotopic (exact) mass is 399 g/mol. The van der Waals surface area contributed by atoms with Crippen molar-refractivity contribution in [1.29, 1.82) is 0 Å². The van der Waals surface area contributed by atoms with Crippen LogP contribution in [-0.2, 0) is 13.0 Å². The van der Waals surface area contributed by atoms with Crippen LogP contribution in [0.15, 0.2) is 34.7 Å². The van der Waals surface area contributed by atoms with Gasteiger partial charge in [0, 0.05) is 30.9 Å². The molecule has 0 fully saturated rings. The van der Waals surface area contributed by atoms with E-state index in [1.54, 1.807) is 16.5 Å². The number of carbonyl (C=O) groups is 1. The summed E-state index contributed by atoms with van der Waals surface area (Å²) in [6.45, 7) is 5.91. The molecular weight excluding hydrogens is 378 g/mol. The smallest absolute Gasteiger partial charge is 0.271 e. The number of carbonyl (C=O) groups excluding carboxylic acids is 1. The number of amides is 1. The Labute approximate surface area is 166 Å². The van der Waals surface area contributed by atoms with Crippen LogP contribution in [0.3, 0.4) is 0 Å². The number of ether oxygens (including phenoxy) is 2. The number of aromatic nitrogens is 2. The molecule has 1 aliphatic heterocycles. The normalized spacial score (nSPS) is 13.4. The highest BCUT2D eigenvalue weighted by molar-refractivity contribution is 7.15. The molecule has 1 aliphatic rings. The van der Waals surface area contributed by atoms with E-state index in [-0.39, 0.29) is 17.0 Å². The van der Waals surface area contributed by atoms with Gasteiger partial charge in [0.1, 0.15) is 5.56 Å². The van der Waals surface area contributed by atoms with Crippen LogP contribution in [0.2, 0.25) is 0 Å². The van der Waals surface area contributed by atoms with Gasteiger partial charge < -0.3 is 14.4 Å². The summed E-state index contributed by atoms with van der Waals surface area (Å²) in [7, 11) is 0. The second-order valence-corrected chi connectivity index (χ2v) is 7.32. The van der Waals surface area contributed by atoms with Crippen molar-refractivity contribution in [3.8, 4) is 11.5 Å². The summed E-state index contributed by atoms with van der Waals surface area (Å²) in [4.78, 5) is 32.1. The molecule has 2 aromatic heterocycles. The van der Waals surface area contributed by atoms with E-state index in [0.717, 1.165) is 16.9 Å². The van der Waals surface area contributed by atoms with Crippen LogP contribution >= 0.6 is 11.3 Å². The van der Waals surface area contributed by atoms with Crippen molar-refractivity contribution in [3.63, 3.8) is 0 Å². The van der Waals surface area contributed by atoms with Crippen LogP contribution < -0.4 is 15.0 Å². The van der Waals surface area contributed by atoms with Crippen molar-refractivity contribution < 1.29 is 14.3 Å². The Kier molecular flexibility index (Phi) is 5.04.